The fraction of sp³-hybridized carbons (Fsp3) is 0.286. The summed E-state index contributed by atoms with van der Waals surface area (Å²) < 4.78 is 0. The van der Waals surface area contributed by atoms with Gasteiger partial charge in [-0.1, -0.05) is 66.2 Å². The number of carbonyl (C=O) groups is 1. The van der Waals surface area contributed by atoms with Crippen molar-refractivity contribution in [2.75, 3.05) is 5.32 Å². The minimum atomic E-state index is -0.485. The average molecular weight is 473 g/mol. The van der Waals surface area contributed by atoms with Crippen LogP contribution in [0.15, 0.2) is 71.1 Å². The van der Waals surface area contributed by atoms with Gasteiger partial charge in [0.25, 0.3) is 0 Å². The topological polar surface area (TPSA) is 42.0 Å². The van der Waals surface area contributed by atoms with Gasteiger partial charge in [0, 0.05) is 21.7 Å². The zero-order valence-corrected chi connectivity index (χ0v) is 20.4. The molecule has 5 heteroatoms. The summed E-state index contributed by atoms with van der Waals surface area (Å²) >= 11 is 7.61. The van der Waals surface area contributed by atoms with Gasteiger partial charge in [0.15, 0.2) is 5.13 Å². The van der Waals surface area contributed by atoms with Crippen molar-refractivity contribution in [2.24, 2.45) is 5.41 Å². The molecule has 3 aliphatic carbocycles. The van der Waals surface area contributed by atoms with Crippen LogP contribution in [0.5, 0.6) is 0 Å². The molecule has 1 fully saturated rings. The number of fused-ring (bicyclic) bond motifs is 5. The number of benzene rings is 2. The zero-order valence-electron chi connectivity index (χ0n) is 18.9. The number of hydrogen-bond donors (Lipinski definition) is 1. The highest BCUT2D eigenvalue weighted by Gasteiger charge is 2.78. The molecule has 0 aliphatic heterocycles. The smallest absolute Gasteiger partial charge is 0.233 e. The second-order valence-corrected chi connectivity index (χ2v) is 10.9. The molecule has 1 N–H and O–H groups in total. The summed E-state index contributed by atoms with van der Waals surface area (Å²) in [4.78, 5) is 18.5. The number of nitrogens with one attached hydrogen (secondary N) is 1. The molecule has 0 bridgehead atoms. The molecule has 3 aliphatic rings. The molecular weight excluding hydrogens is 448 g/mol. The number of carbonyl (C=O) groups excluding carboxylic acids is 1. The van der Waals surface area contributed by atoms with Gasteiger partial charge in [-0.25, -0.2) is 4.98 Å². The Bertz CT molecular complexity index is 1370. The highest BCUT2D eigenvalue weighted by molar-refractivity contribution is 7.14. The zero-order chi connectivity index (χ0) is 23.0. The number of hydrogen-bond acceptors (Lipinski definition) is 3. The third kappa shape index (κ3) is 2.57. The van der Waals surface area contributed by atoms with E-state index in [1.54, 1.807) is 0 Å². The first kappa shape index (κ1) is 20.9. The Balaban J connectivity index is 1.34. The van der Waals surface area contributed by atoms with E-state index >= 15 is 0 Å². The van der Waals surface area contributed by atoms with Gasteiger partial charge in [0.1, 0.15) is 0 Å². The Morgan fingerprint density at radius 2 is 1.85 bits per heavy atom. The van der Waals surface area contributed by atoms with Crippen LogP contribution in [0.25, 0.3) is 5.57 Å². The van der Waals surface area contributed by atoms with E-state index < -0.39 is 5.41 Å². The number of anilines is 1. The van der Waals surface area contributed by atoms with Crippen molar-refractivity contribution < 1.29 is 4.79 Å². The first-order valence-corrected chi connectivity index (χ1v) is 12.6. The van der Waals surface area contributed by atoms with E-state index in [0.717, 1.165) is 17.7 Å². The standard InChI is InChI=1S/C28H25ClN2OS/c1-4-17(29)13-16(2)23-15-33-26(30-23)31-25(32)27(3)14-22-18-9-5-6-10-19(18)24-20-11-7-8-12-21(20)28(22,24)27/h4-13,15,22,24H,14H2,1-3H3,(H,30,31,32)/b16-13+,17-4+. The first-order chi connectivity index (χ1) is 15.9. The van der Waals surface area contributed by atoms with Crippen LogP contribution in [0.1, 0.15) is 67.0 Å². The minimum Gasteiger partial charge on any atom is -0.301 e. The van der Waals surface area contributed by atoms with Crippen LogP contribution in [-0.2, 0) is 10.2 Å². The molecule has 3 nitrogen and oxygen atoms in total. The van der Waals surface area contributed by atoms with Gasteiger partial charge < -0.3 is 5.32 Å². The summed E-state index contributed by atoms with van der Waals surface area (Å²) in [6, 6.07) is 17.5. The Hall–Kier alpha value is -2.69. The number of allylic oxidation sites excluding steroid dienone is 4. The van der Waals surface area contributed by atoms with E-state index in [-0.39, 0.29) is 11.3 Å². The molecular formula is C28H25ClN2OS. The predicted octanol–water partition coefficient (Wildman–Crippen LogP) is 7.22. The highest BCUT2D eigenvalue weighted by atomic mass is 35.5. The van der Waals surface area contributed by atoms with Gasteiger partial charge >= 0.3 is 0 Å². The number of amides is 1. The quantitative estimate of drug-likeness (QED) is 0.407. The van der Waals surface area contributed by atoms with Gasteiger partial charge in [-0.2, -0.15) is 0 Å². The minimum absolute atomic E-state index is 0.0695. The van der Waals surface area contributed by atoms with Crippen LogP contribution in [0.2, 0.25) is 0 Å². The molecule has 3 aromatic rings. The molecule has 6 rings (SSSR count). The fourth-order valence-corrected chi connectivity index (χ4v) is 7.62. The molecule has 4 unspecified atom stereocenters. The summed E-state index contributed by atoms with van der Waals surface area (Å²) in [6.07, 6.45) is 4.60. The van der Waals surface area contributed by atoms with Crippen molar-refractivity contribution in [2.45, 2.75) is 44.4 Å². The fourth-order valence-electron chi connectivity index (χ4n) is 6.70. The summed E-state index contributed by atoms with van der Waals surface area (Å²) in [5.74, 6) is 0.754. The summed E-state index contributed by atoms with van der Waals surface area (Å²) in [6.45, 7) is 6.03. The lowest BCUT2D eigenvalue weighted by atomic mass is 9.34. The molecule has 0 radical (unpaired) electrons. The van der Waals surface area contributed by atoms with Crippen molar-refractivity contribution in [1.82, 2.24) is 4.98 Å². The molecule has 1 heterocycles. The number of rotatable bonds is 4. The van der Waals surface area contributed by atoms with Crippen molar-refractivity contribution in [1.29, 1.82) is 0 Å². The van der Waals surface area contributed by atoms with Gasteiger partial charge in [-0.15, -0.1) is 11.3 Å². The maximum Gasteiger partial charge on any atom is 0.233 e. The molecule has 0 saturated heterocycles. The Kier molecular flexibility index (Phi) is 4.53. The number of thiazole rings is 1. The second kappa shape index (κ2) is 7.15. The van der Waals surface area contributed by atoms with Crippen LogP contribution >= 0.6 is 22.9 Å². The SMILES string of the molecule is C/C=C(Cl)\C=C(/C)c1csc(NC(=O)C2(C)CC3c4ccccc4C4c5ccccc5C342)n1. The van der Waals surface area contributed by atoms with Crippen LogP contribution in [0, 0.1) is 5.41 Å². The Morgan fingerprint density at radius 1 is 1.15 bits per heavy atom. The van der Waals surface area contributed by atoms with E-state index in [1.807, 2.05) is 31.4 Å². The van der Waals surface area contributed by atoms with Gasteiger partial charge in [-0.3, -0.25) is 4.79 Å². The van der Waals surface area contributed by atoms with Crippen LogP contribution < -0.4 is 5.32 Å². The summed E-state index contributed by atoms with van der Waals surface area (Å²) in [5, 5.41) is 6.45. The Labute approximate surface area is 203 Å². The maximum absolute atomic E-state index is 13.8. The van der Waals surface area contributed by atoms with Gasteiger partial charge in [0.2, 0.25) is 5.91 Å². The van der Waals surface area contributed by atoms with E-state index in [9.17, 15) is 4.79 Å². The molecule has 1 amide bonds. The second-order valence-electron chi connectivity index (χ2n) is 9.60. The van der Waals surface area contributed by atoms with E-state index in [0.29, 0.717) is 22.0 Å². The van der Waals surface area contributed by atoms with E-state index in [4.69, 9.17) is 11.6 Å². The molecule has 166 valence electrons. The van der Waals surface area contributed by atoms with Gasteiger partial charge in [0.05, 0.1) is 11.1 Å². The molecule has 1 spiro atoms. The third-order valence-corrected chi connectivity index (χ3v) is 9.28. The summed E-state index contributed by atoms with van der Waals surface area (Å²) in [5.41, 5.74) is 6.71. The third-order valence-electron chi connectivity index (χ3n) is 8.19. The van der Waals surface area contributed by atoms with Crippen LogP contribution in [-0.4, -0.2) is 10.9 Å². The summed E-state index contributed by atoms with van der Waals surface area (Å²) in [7, 11) is 0. The van der Waals surface area contributed by atoms with Gasteiger partial charge in [-0.05, 0) is 67.0 Å². The lowest BCUT2D eigenvalue weighted by molar-refractivity contribution is -0.143. The molecule has 4 atom stereocenters. The van der Waals surface area contributed by atoms with E-state index in [2.05, 4.69) is 65.8 Å². The number of nitrogens with zero attached hydrogens (tertiary/aromatic N) is 1. The van der Waals surface area contributed by atoms with E-state index in [1.165, 1.54) is 33.6 Å². The largest absolute Gasteiger partial charge is 0.301 e. The maximum atomic E-state index is 13.8. The van der Waals surface area contributed by atoms with Crippen LogP contribution in [0.3, 0.4) is 0 Å². The first-order valence-electron chi connectivity index (χ1n) is 11.4. The highest BCUT2D eigenvalue weighted by Crippen LogP contribution is 2.81. The average Bonchev–Trinajstić information content (AvgIpc) is 3.34. The lowest BCUT2D eigenvalue weighted by Crippen LogP contribution is -2.68. The molecule has 1 aromatic heterocycles. The number of halogens is 1. The van der Waals surface area contributed by atoms with Crippen molar-refractivity contribution in [3.8, 4) is 0 Å². The normalized spacial score (nSPS) is 29.2. The lowest BCUT2D eigenvalue weighted by Gasteiger charge is -2.67. The molecule has 2 aromatic carbocycles. The van der Waals surface area contributed by atoms with Crippen molar-refractivity contribution in [3.05, 3.63) is 99.0 Å². The monoisotopic (exact) mass is 472 g/mol. The Morgan fingerprint density at radius 3 is 2.61 bits per heavy atom. The number of aromatic nitrogens is 1. The molecule has 33 heavy (non-hydrogen) atoms. The molecule has 1 saturated carbocycles. The van der Waals surface area contributed by atoms with Crippen LogP contribution in [0.4, 0.5) is 5.13 Å². The van der Waals surface area contributed by atoms with Crippen molar-refractivity contribution in [3.63, 3.8) is 0 Å². The van der Waals surface area contributed by atoms with Crippen molar-refractivity contribution >= 4 is 39.5 Å². The predicted molar refractivity (Wildman–Crippen MR) is 136 cm³/mol.